The van der Waals surface area contributed by atoms with Crippen molar-refractivity contribution in [2.75, 3.05) is 26.2 Å². The van der Waals surface area contributed by atoms with Crippen LogP contribution in [0.5, 0.6) is 0 Å². The van der Waals surface area contributed by atoms with E-state index in [9.17, 15) is 9.59 Å². The van der Waals surface area contributed by atoms with Gasteiger partial charge in [0.1, 0.15) is 5.25 Å². The van der Waals surface area contributed by atoms with E-state index in [1.807, 2.05) is 17.0 Å². The lowest BCUT2D eigenvalue weighted by atomic mass is 10.2. The number of carbonyl (C=O) groups excluding carboxylic acids is 1. The number of hydrogen-bond donors (Lipinski definition) is 1. The van der Waals surface area contributed by atoms with Crippen LogP contribution in [0.25, 0.3) is 10.9 Å². The normalized spacial score (nSPS) is 15.4. The fourth-order valence-electron chi connectivity index (χ4n) is 3.28. The Morgan fingerprint density at radius 3 is 2.79 bits per heavy atom. The number of fused-ring (bicyclic) bond motifs is 1. The number of carbonyl (C=O) groups is 1. The summed E-state index contributed by atoms with van der Waals surface area (Å²) in [5, 5.41) is 4.13. The summed E-state index contributed by atoms with van der Waals surface area (Å²) in [6.07, 6.45) is 3.37. The summed E-state index contributed by atoms with van der Waals surface area (Å²) >= 11 is 7.30. The lowest BCUT2D eigenvalue weighted by Crippen LogP contribution is -2.47. The zero-order valence-electron chi connectivity index (χ0n) is 15.8. The molecule has 4 rings (SSSR count). The minimum atomic E-state index is -0.537. The van der Waals surface area contributed by atoms with Gasteiger partial charge in [-0.3, -0.25) is 19.1 Å². The molecule has 0 saturated carbocycles. The molecule has 3 aromatic rings. The first kappa shape index (κ1) is 19.9. The first-order valence-corrected chi connectivity index (χ1v) is 10.5. The Balaban J connectivity index is 1.74. The summed E-state index contributed by atoms with van der Waals surface area (Å²) in [6, 6.07) is 8.73. The van der Waals surface area contributed by atoms with E-state index in [4.69, 9.17) is 11.6 Å². The minimum Gasteiger partial charge on any atom is -0.339 e. The summed E-state index contributed by atoms with van der Waals surface area (Å²) < 4.78 is 1.47. The van der Waals surface area contributed by atoms with Crippen LogP contribution in [0.1, 0.15) is 10.8 Å². The number of benzene rings is 1. The van der Waals surface area contributed by atoms with Gasteiger partial charge in [0.25, 0.3) is 5.56 Å². The Morgan fingerprint density at radius 1 is 1.28 bits per heavy atom. The number of hydrogen-bond acceptors (Lipinski definition) is 6. The number of piperazine rings is 1. The van der Waals surface area contributed by atoms with Crippen LogP contribution in [-0.2, 0) is 11.8 Å². The van der Waals surface area contributed by atoms with Crippen molar-refractivity contribution in [3.05, 3.63) is 63.7 Å². The minimum absolute atomic E-state index is 0.00467. The van der Waals surface area contributed by atoms with Crippen LogP contribution in [0.3, 0.4) is 0 Å². The third-order valence-corrected chi connectivity index (χ3v) is 6.38. The smallest absolute Gasteiger partial charge is 0.261 e. The van der Waals surface area contributed by atoms with E-state index >= 15 is 0 Å². The van der Waals surface area contributed by atoms with Gasteiger partial charge in [-0.2, -0.15) is 0 Å². The standard InChI is InChI=1S/C20H20ClN5O2S/c1-25-18(27)15-11-14(21)4-5-16(15)24-20(25)29-17(13-3-2-6-23-12-13)19(28)26-9-7-22-8-10-26/h2-6,11-12,17,22H,7-10H2,1H3. The van der Waals surface area contributed by atoms with Crippen molar-refractivity contribution in [2.24, 2.45) is 7.05 Å². The molecule has 1 unspecified atom stereocenters. The molecule has 1 N–H and O–H groups in total. The number of nitrogens with one attached hydrogen (secondary N) is 1. The topological polar surface area (TPSA) is 80.1 Å². The number of amides is 1. The van der Waals surface area contributed by atoms with E-state index in [1.165, 1.54) is 16.3 Å². The first-order valence-electron chi connectivity index (χ1n) is 9.27. The summed E-state index contributed by atoms with van der Waals surface area (Å²) in [5.74, 6) is -0.00467. The second kappa shape index (κ2) is 8.52. The van der Waals surface area contributed by atoms with Gasteiger partial charge >= 0.3 is 0 Å². The SMILES string of the molecule is Cn1c(SC(C(=O)N2CCNCC2)c2cccnc2)nc2ccc(Cl)cc2c1=O. The number of aromatic nitrogens is 3. The van der Waals surface area contributed by atoms with Crippen LogP contribution in [0.4, 0.5) is 0 Å². The fraction of sp³-hybridized carbons (Fsp3) is 0.300. The highest BCUT2D eigenvalue weighted by atomic mass is 35.5. The molecule has 29 heavy (non-hydrogen) atoms. The molecular weight excluding hydrogens is 410 g/mol. The average molecular weight is 430 g/mol. The maximum Gasteiger partial charge on any atom is 0.261 e. The molecule has 1 amide bonds. The van der Waals surface area contributed by atoms with E-state index < -0.39 is 5.25 Å². The number of rotatable bonds is 4. The van der Waals surface area contributed by atoms with Crippen LogP contribution in [0.15, 0.2) is 52.7 Å². The summed E-state index contributed by atoms with van der Waals surface area (Å²) in [5.41, 5.74) is 1.14. The van der Waals surface area contributed by atoms with Crippen LogP contribution < -0.4 is 10.9 Å². The highest BCUT2D eigenvalue weighted by Gasteiger charge is 2.29. The molecule has 0 bridgehead atoms. The van der Waals surface area contributed by atoms with Crippen molar-refractivity contribution < 1.29 is 4.79 Å². The van der Waals surface area contributed by atoms with E-state index in [0.717, 1.165) is 18.7 Å². The van der Waals surface area contributed by atoms with Gasteiger partial charge in [-0.15, -0.1) is 0 Å². The number of halogens is 1. The van der Waals surface area contributed by atoms with Gasteiger partial charge in [0.2, 0.25) is 5.91 Å². The summed E-state index contributed by atoms with van der Waals surface area (Å²) in [6.45, 7) is 2.84. The molecule has 1 aliphatic rings. The molecule has 9 heteroatoms. The van der Waals surface area contributed by atoms with E-state index in [2.05, 4.69) is 15.3 Å². The Hall–Kier alpha value is -2.42. The number of thioether (sulfide) groups is 1. The predicted octanol–water partition coefficient (Wildman–Crippen LogP) is 2.25. The molecule has 1 fully saturated rings. The van der Waals surface area contributed by atoms with E-state index in [1.54, 1.807) is 37.6 Å². The molecule has 1 saturated heterocycles. The van der Waals surface area contributed by atoms with Crippen LogP contribution in [0, 0.1) is 0 Å². The third kappa shape index (κ3) is 4.14. The van der Waals surface area contributed by atoms with Gasteiger partial charge in [-0.25, -0.2) is 4.98 Å². The molecule has 3 heterocycles. The second-order valence-corrected chi connectivity index (χ2v) is 8.29. The Labute approximate surface area is 177 Å². The van der Waals surface area contributed by atoms with Crippen molar-refractivity contribution in [1.82, 2.24) is 24.8 Å². The number of nitrogens with zero attached hydrogens (tertiary/aromatic N) is 4. The maximum atomic E-state index is 13.3. The van der Waals surface area contributed by atoms with Crippen molar-refractivity contribution >= 4 is 40.2 Å². The van der Waals surface area contributed by atoms with Crippen LogP contribution in [-0.4, -0.2) is 51.5 Å². The quantitative estimate of drug-likeness (QED) is 0.506. The summed E-state index contributed by atoms with van der Waals surface area (Å²) in [4.78, 5) is 36.8. The molecule has 0 radical (unpaired) electrons. The molecule has 2 aromatic heterocycles. The van der Waals surface area contributed by atoms with Gasteiger partial charge in [-0.05, 0) is 29.8 Å². The Morgan fingerprint density at radius 2 is 2.07 bits per heavy atom. The highest BCUT2D eigenvalue weighted by molar-refractivity contribution is 8.00. The predicted molar refractivity (Wildman–Crippen MR) is 114 cm³/mol. The van der Waals surface area contributed by atoms with Gasteiger partial charge in [0.05, 0.1) is 10.9 Å². The molecule has 1 atom stereocenters. The Bertz CT molecular complexity index is 1100. The lowest BCUT2D eigenvalue weighted by Gasteiger charge is -2.30. The molecule has 0 spiro atoms. The van der Waals surface area contributed by atoms with Gasteiger partial charge < -0.3 is 10.2 Å². The zero-order valence-corrected chi connectivity index (χ0v) is 17.4. The largest absolute Gasteiger partial charge is 0.339 e. The van der Waals surface area contributed by atoms with Crippen molar-refractivity contribution in [2.45, 2.75) is 10.4 Å². The van der Waals surface area contributed by atoms with Crippen molar-refractivity contribution in [1.29, 1.82) is 0 Å². The zero-order chi connectivity index (χ0) is 20.4. The van der Waals surface area contributed by atoms with Gasteiger partial charge in [-0.1, -0.05) is 29.4 Å². The van der Waals surface area contributed by atoms with Crippen LogP contribution in [0.2, 0.25) is 5.02 Å². The summed E-state index contributed by atoms with van der Waals surface area (Å²) in [7, 11) is 1.66. The van der Waals surface area contributed by atoms with Gasteiger partial charge in [0, 0.05) is 50.6 Å². The van der Waals surface area contributed by atoms with Crippen LogP contribution >= 0.6 is 23.4 Å². The van der Waals surface area contributed by atoms with Crippen molar-refractivity contribution in [3.8, 4) is 0 Å². The maximum absolute atomic E-state index is 13.3. The fourth-order valence-corrected chi connectivity index (χ4v) is 4.58. The van der Waals surface area contributed by atoms with Gasteiger partial charge in [0.15, 0.2) is 5.16 Å². The molecular formula is C20H20ClN5O2S. The lowest BCUT2D eigenvalue weighted by molar-refractivity contribution is -0.131. The molecule has 7 nitrogen and oxygen atoms in total. The Kier molecular flexibility index (Phi) is 5.84. The van der Waals surface area contributed by atoms with E-state index in [-0.39, 0.29) is 11.5 Å². The third-order valence-electron chi connectivity index (χ3n) is 4.86. The van der Waals surface area contributed by atoms with E-state index in [0.29, 0.717) is 34.2 Å². The monoisotopic (exact) mass is 429 g/mol. The molecule has 1 aliphatic heterocycles. The molecule has 1 aromatic carbocycles. The average Bonchev–Trinajstić information content (AvgIpc) is 2.76. The van der Waals surface area contributed by atoms with Crippen molar-refractivity contribution in [3.63, 3.8) is 0 Å². The highest BCUT2D eigenvalue weighted by Crippen LogP contribution is 2.35. The molecule has 0 aliphatic carbocycles. The number of pyridine rings is 1. The second-order valence-electron chi connectivity index (χ2n) is 6.78. The first-order chi connectivity index (χ1) is 14.0. The molecule has 150 valence electrons.